The SMILES string of the molecule is CC(C)(CCCO)CNC(=O)c1ccc(Br)cc1S. The Morgan fingerprint density at radius 1 is 1.47 bits per heavy atom. The third-order valence-electron chi connectivity index (χ3n) is 2.94. The van der Waals surface area contributed by atoms with E-state index in [9.17, 15) is 4.79 Å². The number of thiol groups is 1. The topological polar surface area (TPSA) is 49.3 Å². The highest BCUT2D eigenvalue weighted by atomic mass is 79.9. The number of hydrogen-bond donors (Lipinski definition) is 3. The molecule has 3 nitrogen and oxygen atoms in total. The first kappa shape index (κ1) is 16.5. The molecule has 0 atom stereocenters. The van der Waals surface area contributed by atoms with Gasteiger partial charge in [0.05, 0.1) is 5.56 Å². The van der Waals surface area contributed by atoms with E-state index in [-0.39, 0.29) is 17.9 Å². The summed E-state index contributed by atoms with van der Waals surface area (Å²) in [6, 6.07) is 5.38. The highest BCUT2D eigenvalue weighted by Gasteiger charge is 2.19. The van der Waals surface area contributed by atoms with Crippen LogP contribution in [0.15, 0.2) is 27.6 Å². The van der Waals surface area contributed by atoms with E-state index in [0.717, 1.165) is 17.3 Å². The van der Waals surface area contributed by atoms with Crippen molar-refractivity contribution in [3.8, 4) is 0 Å². The molecule has 0 fully saturated rings. The average Bonchev–Trinajstić information content (AvgIpc) is 2.34. The minimum Gasteiger partial charge on any atom is -0.396 e. The van der Waals surface area contributed by atoms with Gasteiger partial charge in [-0.3, -0.25) is 4.79 Å². The van der Waals surface area contributed by atoms with Gasteiger partial charge in [0.15, 0.2) is 0 Å². The van der Waals surface area contributed by atoms with Crippen molar-refractivity contribution in [2.45, 2.75) is 31.6 Å². The summed E-state index contributed by atoms with van der Waals surface area (Å²) in [5, 5.41) is 11.8. The van der Waals surface area contributed by atoms with Gasteiger partial charge in [-0.15, -0.1) is 12.6 Å². The summed E-state index contributed by atoms with van der Waals surface area (Å²) < 4.78 is 0.900. The zero-order chi connectivity index (χ0) is 14.5. The molecule has 0 aromatic heterocycles. The lowest BCUT2D eigenvalue weighted by molar-refractivity contribution is 0.0930. The van der Waals surface area contributed by atoms with Crippen LogP contribution in [0.1, 0.15) is 37.0 Å². The van der Waals surface area contributed by atoms with E-state index in [2.05, 4.69) is 47.7 Å². The lowest BCUT2D eigenvalue weighted by atomic mass is 9.88. The van der Waals surface area contributed by atoms with Gasteiger partial charge < -0.3 is 10.4 Å². The van der Waals surface area contributed by atoms with Crippen molar-refractivity contribution in [3.05, 3.63) is 28.2 Å². The smallest absolute Gasteiger partial charge is 0.252 e. The maximum absolute atomic E-state index is 12.1. The summed E-state index contributed by atoms with van der Waals surface area (Å²) in [5.41, 5.74) is 0.550. The minimum absolute atomic E-state index is 0.0233. The van der Waals surface area contributed by atoms with Gasteiger partial charge in [0.1, 0.15) is 0 Å². The van der Waals surface area contributed by atoms with Crippen molar-refractivity contribution in [2.75, 3.05) is 13.2 Å². The van der Waals surface area contributed by atoms with Crippen LogP contribution in [0, 0.1) is 5.41 Å². The van der Waals surface area contributed by atoms with E-state index in [0.29, 0.717) is 17.0 Å². The van der Waals surface area contributed by atoms with Crippen LogP contribution >= 0.6 is 28.6 Å². The zero-order valence-corrected chi connectivity index (χ0v) is 13.7. The first-order valence-electron chi connectivity index (χ1n) is 6.23. The summed E-state index contributed by atoms with van der Waals surface area (Å²) in [6.07, 6.45) is 1.62. The van der Waals surface area contributed by atoms with Gasteiger partial charge in [0.2, 0.25) is 0 Å². The van der Waals surface area contributed by atoms with E-state index < -0.39 is 0 Å². The van der Waals surface area contributed by atoms with E-state index in [1.165, 1.54) is 0 Å². The third-order valence-corrected chi connectivity index (χ3v) is 3.81. The summed E-state index contributed by atoms with van der Waals surface area (Å²) in [5.74, 6) is -0.116. The second-order valence-electron chi connectivity index (χ2n) is 5.34. The largest absolute Gasteiger partial charge is 0.396 e. The molecule has 0 aliphatic rings. The van der Waals surface area contributed by atoms with Crippen LogP contribution in [-0.2, 0) is 0 Å². The van der Waals surface area contributed by atoms with Crippen LogP contribution < -0.4 is 5.32 Å². The maximum atomic E-state index is 12.1. The number of benzene rings is 1. The van der Waals surface area contributed by atoms with Crippen molar-refractivity contribution in [3.63, 3.8) is 0 Å². The monoisotopic (exact) mass is 345 g/mol. The molecule has 0 aliphatic carbocycles. The Morgan fingerprint density at radius 2 is 2.16 bits per heavy atom. The van der Waals surface area contributed by atoms with E-state index >= 15 is 0 Å². The van der Waals surface area contributed by atoms with Crippen molar-refractivity contribution < 1.29 is 9.90 Å². The van der Waals surface area contributed by atoms with Gasteiger partial charge in [-0.25, -0.2) is 0 Å². The molecule has 0 bridgehead atoms. The number of hydrogen-bond acceptors (Lipinski definition) is 3. The van der Waals surface area contributed by atoms with Crippen molar-refractivity contribution in [1.29, 1.82) is 0 Å². The molecule has 0 saturated carbocycles. The Bertz CT molecular complexity index is 449. The zero-order valence-electron chi connectivity index (χ0n) is 11.2. The molecule has 1 rings (SSSR count). The normalized spacial score (nSPS) is 11.4. The summed E-state index contributed by atoms with van der Waals surface area (Å²) in [4.78, 5) is 12.7. The fourth-order valence-corrected chi connectivity index (χ4v) is 2.61. The van der Waals surface area contributed by atoms with Crippen molar-refractivity contribution >= 4 is 34.5 Å². The number of aliphatic hydroxyl groups excluding tert-OH is 1. The second-order valence-corrected chi connectivity index (χ2v) is 6.73. The predicted molar refractivity (Wildman–Crippen MR) is 83.8 cm³/mol. The second kappa shape index (κ2) is 7.31. The van der Waals surface area contributed by atoms with Crippen molar-refractivity contribution in [1.82, 2.24) is 5.32 Å². The average molecular weight is 346 g/mol. The molecule has 0 unspecified atom stereocenters. The lowest BCUT2D eigenvalue weighted by Gasteiger charge is -2.24. The number of carbonyl (C=O) groups excluding carboxylic acids is 1. The molecule has 1 aromatic rings. The molecular formula is C14H20BrNO2S. The van der Waals surface area contributed by atoms with E-state index in [1.54, 1.807) is 12.1 Å². The third kappa shape index (κ3) is 5.55. The fraction of sp³-hybridized carbons (Fsp3) is 0.500. The molecule has 0 spiro atoms. The molecule has 5 heteroatoms. The fourth-order valence-electron chi connectivity index (χ4n) is 1.76. The number of amides is 1. The summed E-state index contributed by atoms with van der Waals surface area (Å²) >= 11 is 7.65. The number of nitrogens with one attached hydrogen (secondary N) is 1. The Balaban J connectivity index is 2.60. The van der Waals surface area contributed by atoms with Gasteiger partial charge in [-0.2, -0.15) is 0 Å². The van der Waals surface area contributed by atoms with Gasteiger partial charge in [-0.05, 0) is 36.5 Å². The first-order valence-corrected chi connectivity index (χ1v) is 7.47. The van der Waals surface area contributed by atoms with Gasteiger partial charge in [0.25, 0.3) is 5.91 Å². The minimum atomic E-state index is -0.116. The van der Waals surface area contributed by atoms with Gasteiger partial charge in [0, 0.05) is 22.5 Å². The maximum Gasteiger partial charge on any atom is 0.252 e. The van der Waals surface area contributed by atoms with Gasteiger partial charge >= 0.3 is 0 Å². The van der Waals surface area contributed by atoms with Crippen LogP contribution in [0.4, 0.5) is 0 Å². The molecule has 0 aliphatic heterocycles. The first-order chi connectivity index (χ1) is 8.85. The van der Waals surface area contributed by atoms with Crippen LogP contribution in [0.2, 0.25) is 0 Å². The molecule has 0 radical (unpaired) electrons. The Hall–Kier alpha value is -0.520. The standard InChI is InChI=1S/C14H20BrNO2S/c1-14(2,6-3-7-17)9-16-13(18)11-5-4-10(15)8-12(11)19/h4-5,8,17,19H,3,6-7,9H2,1-2H3,(H,16,18). The number of aliphatic hydroxyl groups is 1. The van der Waals surface area contributed by atoms with Crippen LogP contribution in [0.25, 0.3) is 0 Å². The Morgan fingerprint density at radius 3 is 2.74 bits per heavy atom. The molecule has 2 N–H and O–H groups in total. The van der Waals surface area contributed by atoms with E-state index in [1.807, 2.05) is 6.07 Å². The molecule has 1 amide bonds. The number of carbonyl (C=O) groups is 1. The predicted octanol–water partition coefficient (Wildman–Crippen LogP) is 3.27. The molecule has 1 aromatic carbocycles. The van der Waals surface area contributed by atoms with Gasteiger partial charge in [-0.1, -0.05) is 29.8 Å². The molecule has 0 heterocycles. The molecule has 19 heavy (non-hydrogen) atoms. The highest BCUT2D eigenvalue weighted by Crippen LogP contribution is 2.22. The number of rotatable bonds is 6. The van der Waals surface area contributed by atoms with Crippen molar-refractivity contribution in [2.24, 2.45) is 5.41 Å². The molecular weight excluding hydrogens is 326 g/mol. The highest BCUT2D eigenvalue weighted by molar-refractivity contribution is 9.10. The van der Waals surface area contributed by atoms with Crippen LogP contribution in [-0.4, -0.2) is 24.2 Å². The van der Waals surface area contributed by atoms with Crippen LogP contribution in [0.3, 0.4) is 0 Å². The number of halogens is 1. The quantitative estimate of drug-likeness (QED) is 0.693. The van der Waals surface area contributed by atoms with E-state index in [4.69, 9.17) is 5.11 Å². The summed E-state index contributed by atoms with van der Waals surface area (Å²) in [7, 11) is 0. The summed E-state index contributed by atoms with van der Waals surface area (Å²) in [6.45, 7) is 4.91. The van der Waals surface area contributed by atoms with Crippen LogP contribution in [0.5, 0.6) is 0 Å². The molecule has 106 valence electrons. The Labute approximate surface area is 128 Å². The lowest BCUT2D eigenvalue weighted by Crippen LogP contribution is -2.34. The Kier molecular flexibility index (Phi) is 6.36. The molecule has 0 saturated heterocycles.